The lowest BCUT2D eigenvalue weighted by molar-refractivity contribution is 1.28. The number of aromatic nitrogens is 2. The SMILES string of the molecule is C#Cc1cc(-c2csc(Nc3cccc(C)c3)n2)ccn1. The summed E-state index contributed by atoms with van der Waals surface area (Å²) in [5.41, 5.74) is 4.74. The first-order valence-electron chi connectivity index (χ1n) is 6.47. The van der Waals surface area contributed by atoms with E-state index in [-0.39, 0.29) is 0 Å². The topological polar surface area (TPSA) is 37.8 Å². The zero-order valence-electron chi connectivity index (χ0n) is 11.5. The van der Waals surface area contributed by atoms with Crippen LogP contribution in [0.15, 0.2) is 48.0 Å². The number of hydrogen-bond donors (Lipinski definition) is 1. The van der Waals surface area contributed by atoms with Gasteiger partial charge in [-0.2, -0.15) is 0 Å². The van der Waals surface area contributed by atoms with Crippen molar-refractivity contribution < 1.29 is 0 Å². The maximum atomic E-state index is 5.38. The molecule has 0 saturated heterocycles. The van der Waals surface area contributed by atoms with Gasteiger partial charge in [0.15, 0.2) is 5.13 Å². The van der Waals surface area contributed by atoms with Crippen LogP contribution >= 0.6 is 11.3 Å². The van der Waals surface area contributed by atoms with Crippen molar-refractivity contribution in [1.29, 1.82) is 0 Å². The van der Waals surface area contributed by atoms with Crippen LogP contribution in [0.25, 0.3) is 11.3 Å². The van der Waals surface area contributed by atoms with Crippen LogP contribution in [0.3, 0.4) is 0 Å². The number of pyridine rings is 1. The summed E-state index contributed by atoms with van der Waals surface area (Å²) < 4.78 is 0. The molecule has 3 nitrogen and oxygen atoms in total. The average molecular weight is 291 g/mol. The molecule has 0 aliphatic rings. The molecule has 21 heavy (non-hydrogen) atoms. The van der Waals surface area contributed by atoms with E-state index < -0.39 is 0 Å². The summed E-state index contributed by atoms with van der Waals surface area (Å²) in [6, 6.07) is 12.0. The molecule has 0 unspecified atom stereocenters. The van der Waals surface area contributed by atoms with Crippen molar-refractivity contribution in [2.24, 2.45) is 0 Å². The fraction of sp³-hybridized carbons (Fsp3) is 0.0588. The summed E-state index contributed by atoms with van der Waals surface area (Å²) in [4.78, 5) is 8.68. The Kier molecular flexibility index (Phi) is 3.67. The number of hydrogen-bond acceptors (Lipinski definition) is 4. The fourth-order valence-electron chi connectivity index (χ4n) is 1.98. The fourth-order valence-corrected chi connectivity index (χ4v) is 2.72. The van der Waals surface area contributed by atoms with Crippen LogP contribution in [0.1, 0.15) is 11.3 Å². The molecule has 4 heteroatoms. The summed E-state index contributed by atoms with van der Waals surface area (Å²) in [6.07, 6.45) is 7.08. The maximum absolute atomic E-state index is 5.38. The lowest BCUT2D eigenvalue weighted by Crippen LogP contribution is -1.90. The van der Waals surface area contributed by atoms with Gasteiger partial charge in [0.05, 0.1) is 5.69 Å². The van der Waals surface area contributed by atoms with Crippen molar-refractivity contribution in [3.63, 3.8) is 0 Å². The van der Waals surface area contributed by atoms with E-state index in [9.17, 15) is 0 Å². The quantitative estimate of drug-likeness (QED) is 0.733. The van der Waals surface area contributed by atoms with Crippen LogP contribution in [0, 0.1) is 19.3 Å². The normalized spacial score (nSPS) is 10.1. The summed E-state index contributed by atoms with van der Waals surface area (Å²) in [5.74, 6) is 2.54. The van der Waals surface area contributed by atoms with Crippen molar-refractivity contribution in [1.82, 2.24) is 9.97 Å². The van der Waals surface area contributed by atoms with Gasteiger partial charge >= 0.3 is 0 Å². The Morgan fingerprint density at radius 3 is 2.95 bits per heavy atom. The number of anilines is 2. The van der Waals surface area contributed by atoms with Gasteiger partial charge in [0.25, 0.3) is 0 Å². The zero-order valence-corrected chi connectivity index (χ0v) is 12.3. The van der Waals surface area contributed by atoms with Crippen LogP contribution < -0.4 is 5.32 Å². The number of rotatable bonds is 3. The molecule has 0 aliphatic heterocycles. The lowest BCUT2D eigenvalue weighted by atomic mass is 10.2. The van der Waals surface area contributed by atoms with Crippen molar-refractivity contribution in [2.45, 2.75) is 6.92 Å². The van der Waals surface area contributed by atoms with Gasteiger partial charge in [-0.15, -0.1) is 17.8 Å². The highest BCUT2D eigenvalue weighted by Gasteiger charge is 2.06. The van der Waals surface area contributed by atoms with E-state index >= 15 is 0 Å². The first kappa shape index (κ1) is 13.3. The van der Waals surface area contributed by atoms with Gasteiger partial charge in [-0.05, 0) is 36.8 Å². The first-order valence-corrected chi connectivity index (χ1v) is 7.35. The molecule has 0 amide bonds. The van der Waals surface area contributed by atoms with Gasteiger partial charge in [0.2, 0.25) is 0 Å². The van der Waals surface area contributed by atoms with E-state index in [1.165, 1.54) is 5.56 Å². The van der Waals surface area contributed by atoms with Gasteiger partial charge in [-0.3, -0.25) is 0 Å². The van der Waals surface area contributed by atoms with Crippen molar-refractivity contribution in [3.05, 3.63) is 59.2 Å². The molecular formula is C17H13N3S. The van der Waals surface area contributed by atoms with Gasteiger partial charge in [-0.1, -0.05) is 18.1 Å². The zero-order chi connectivity index (χ0) is 14.7. The van der Waals surface area contributed by atoms with Crippen molar-refractivity contribution in [2.75, 3.05) is 5.32 Å². The summed E-state index contributed by atoms with van der Waals surface area (Å²) >= 11 is 1.56. The number of benzene rings is 1. The molecule has 0 aliphatic carbocycles. The molecule has 0 radical (unpaired) electrons. The standard InChI is InChI=1S/C17H13N3S/c1-3-14-10-13(7-8-18-14)16-11-21-17(20-16)19-15-6-4-5-12(2)9-15/h1,4-11H,2H3,(H,19,20). The maximum Gasteiger partial charge on any atom is 0.187 e. The Labute approximate surface area is 127 Å². The van der Waals surface area contributed by atoms with Crippen molar-refractivity contribution >= 4 is 22.2 Å². The molecule has 0 fully saturated rings. The summed E-state index contributed by atoms with van der Waals surface area (Å²) in [7, 11) is 0. The number of thiazole rings is 1. The Balaban J connectivity index is 1.85. The molecule has 3 rings (SSSR count). The minimum Gasteiger partial charge on any atom is -0.332 e. The van der Waals surface area contributed by atoms with Crippen LogP contribution in [0.4, 0.5) is 10.8 Å². The third-order valence-corrected chi connectivity index (χ3v) is 3.73. The molecule has 3 aromatic rings. The third kappa shape index (κ3) is 3.10. The number of aryl methyl sites for hydroxylation is 1. The van der Waals surface area contributed by atoms with E-state index in [1.54, 1.807) is 17.5 Å². The summed E-state index contributed by atoms with van der Waals surface area (Å²) in [6.45, 7) is 2.07. The molecule has 2 heterocycles. The number of terminal acetylenes is 1. The third-order valence-electron chi connectivity index (χ3n) is 2.98. The molecule has 2 aromatic heterocycles. The predicted octanol–water partition coefficient (Wildman–Crippen LogP) is 4.24. The van der Waals surface area contributed by atoms with E-state index in [1.807, 2.05) is 29.6 Å². The number of nitrogens with zero attached hydrogens (tertiary/aromatic N) is 2. The van der Waals surface area contributed by atoms with Crippen LogP contribution in [-0.4, -0.2) is 9.97 Å². The van der Waals surface area contributed by atoms with Gasteiger partial charge in [0.1, 0.15) is 5.69 Å². The Morgan fingerprint density at radius 2 is 2.14 bits per heavy atom. The minimum atomic E-state index is 0.619. The smallest absolute Gasteiger partial charge is 0.187 e. The van der Waals surface area contributed by atoms with Crippen LogP contribution in [0.2, 0.25) is 0 Å². The molecule has 0 spiro atoms. The largest absolute Gasteiger partial charge is 0.332 e. The van der Waals surface area contributed by atoms with E-state index in [0.29, 0.717) is 5.69 Å². The molecule has 102 valence electrons. The second-order valence-electron chi connectivity index (χ2n) is 4.61. The summed E-state index contributed by atoms with van der Waals surface area (Å²) in [5, 5.41) is 6.18. The molecule has 0 saturated carbocycles. The highest BCUT2D eigenvalue weighted by Crippen LogP contribution is 2.27. The molecule has 0 bridgehead atoms. The monoisotopic (exact) mass is 291 g/mol. The molecule has 1 aromatic carbocycles. The lowest BCUT2D eigenvalue weighted by Gasteiger charge is -2.03. The second-order valence-corrected chi connectivity index (χ2v) is 5.46. The minimum absolute atomic E-state index is 0.619. The van der Waals surface area contributed by atoms with Crippen molar-refractivity contribution in [3.8, 4) is 23.6 Å². The van der Waals surface area contributed by atoms with E-state index in [0.717, 1.165) is 22.1 Å². The highest BCUT2D eigenvalue weighted by molar-refractivity contribution is 7.14. The van der Waals surface area contributed by atoms with Gasteiger partial charge in [-0.25, -0.2) is 9.97 Å². The Morgan fingerprint density at radius 1 is 1.24 bits per heavy atom. The van der Waals surface area contributed by atoms with Crippen LogP contribution in [-0.2, 0) is 0 Å². The molecular weight excluding hydrogens is 278 g/mol. The highest BCUT2D eigenvalue weighted by atomic mass is 32.1. The second kappa shape index (κ2) is 5.78. The number of nitrogens with one attached hydrogen (secondary N) is 1. The predicted molar refractivity (Wildman–Crippen MR) is 87.7 cm³/mol. The van der Waals surface area contributed by atoms with Gasteiger partial charge in [0, 0.05) is 22.8 Å². The Bertz CT molecular complexity index is 815. The molecule has 0 atom stereocenters. The first-order chi connectivity index (χ1) is 10.2. The van der Waals surface area contributed by atoms with Gasteiger partial charge < -0.3 is 5.32 Å². The van der Waals surface area contributed by atoms with E-state index in [4.69, 9.17) is 6.42 Å². The Hall–Kier alpha value is -2.64. The van der Waals surface area contributed by atoms with Crippen LogP contribution in [0.5, 0.6) is 0 Å². The molecule has 1 N–H and O–H groups in total. The van der Waals surface area contributed by atoms with E-state index in [2.05, 4.69) is 40.3 Å². The average Bonchev–Trinajstić information content (AvgIpc) is 2.96.